The molecule has 2 aliphatic heterocycles. The molecular weight excluding hydrogens is 266 g/mol. The van der Waals surface area contributed by atoms with Gasteiger partial charge in [0.1, 0.15) is 18.3 Å². The second-order valence-corrected chi connectivity index (χ2v) is 5.85. The van der Waals surface area contributed by atoms with E-state index in [1.165, 1.54) is 18.4 Å². The number of fused-ring (bicyclic) bond motifs is 1. The first kappa shape index (κ1) is 15.0. The van der Waals surface area contributed by atoms with Gasteiger partial charge < -0.3 is 19.5 Å². The van der Waals surface area contributed by atoms with Crippen molar-refractivity contribution < 1.29 is 14.2 Å². The van der Waals surface area contributed by atoms with Crippen molar-refractivity contribution in [3.05, 3.63) is 35.9 Å². The highest BCUT2D eigenvalue weighted by atomic mass is 16.6. The zero-order valence-electron chi connectivity index (χ0n) is 12.7. The van der Waals surface area contributed by atoms with E-state index in [-0.39, 0.29) is 18.3 Å². The molecule has 2 saturated heterocycles. The molecule has 1 N–H and O–H groups in total. The highest BCUT2D eigenvalue weighted by molar-refractivity contribution is 5.13. The molecule has 0 unspecified atom stereocenters. The van der Waals surface area contributed by atoms with E-state index in [9.17, 15) is 0 Å². The third-order valence-electron chi connectivity index (χ3n) is 4.25. The normalized spacial score (nSPS) is 31.5. The van der Waals surface area contributed by atoms with Crippen molar-refractivity contribution in [3.8, 4) is 0 Å². The van der Waals surface area contributed by atoms with Crippen LogP contribution in [0.2, 0.25) is 0 Å². The van der Waals surface area contributed by atoms with Crippen LogP contribution in [0.3, 0.4) is 0 Å². The second kappa shape index (κ2) is 7.36. The number of benzene rings is 1. The molecule has 4 heteroatoms. The number of rotatable bonds is 7. The van der Waals surface area contributed by atoms with Crippen LogP contribution in [0.15, 0.2) is 30.3 Å². The zero-order chi connectivity index (χ0) is 14.5. The molecule has 2 fully saturated rings. The van der Waals surface area contributed by atoms with Gasteiger partial charge in [-0.25, -0.2) is 0 Å². The van der Waals surface area contributed by atoms with Crippen molar-refractivity contribution >= 4 is 0 Å². The van der Waals surface area contributed by atoms with Crippen molar-refractivity contribution in [1.29, 1.82) is 0 Å². The van der Waals surface area contributed by atoms with E-state index >= 15 is 0 Å². The van der Waals surface area contributed by atoms with Gasteiger partial charge in [-0.15, -0.1) is 0 Å². The summed E-state index contributed by atoms with van der Waals surface area (Å²) in [5.74, 6) is 0. The molecule has 2 aliphatic rings. The lowest BCUT2D eigenvalue weighted by Crippen LogP contribution is -2.41. The number of ether oxygens (including phenoxy) is 3. The minimum absolute atomic E-state index is 0.0492. The van der Waals surface area contributed by atoms with Gasteiger partial charge in [0.2, 0.25) is 0 Å². The number of nitrogens with one attached hydrogen (secondary N) is 1. The van der Waals surface area contributed by atoms with Gasteiger partial charge >= 0.3 is 0 Å². The molecule has 0 amide bonds. The van der Waals surface area contributed by atoms with E-state index in [2.05, 4.69) is 24.4 Å². The van der Waals surface area contributed by atoms with Gasteiger partial charge in [-0.05, 0) is 18.5 Å². The molecule has 1 aromatic carbocycles. The molecule has 4 atom stereocenters. The zero-order valence-corrected chi connectivity index (χ0v) is 12.7. The molecule has 2 heterocycles. The summed E-state index contributed by atoms with van der Waals surface area (Å²) in [5.41, 5.74) is 1.19. The molecule has 0 aromatic heterocycles. The van der Waals surface area contributed by atoms with E-state index < -0.39 is 0 Å². The quantitative estimate of drug-likeness (QED) is 0.781. The third kappa shape index (κ3) is 3.64. The minimum atomic E-state index is 0.0492. The molecule has 0 spiro atoms. The molecule has 116 valence electrons. The lowest BCUT2D eigenvalue weighted by atomic mass is 10.1. The number of unbranched alkanes of at least 4 members (excludes halogenated alkanes) is 1. The van der Waals surface area contributed by atoms with Crippen LogP contribution in [0.25, 0.3) is 0 Å². The number of hydrogen-bond acceptors (Lipinski definition) is 4. The smallest absolute Gasteiger partial charge is 0.114 e. The Hall–Kier alpha value is -0.940. The average Bonchev–Trinajstić information content (AvgIpc) is 3.09. The maximum atomic E-state index is 6.00. The highest BCUT2D eigenvalue weighted by Gasteiger charge is 2.47. The van der Waals surface area contributed by atoms with Crippen molar-refractivity contribution in [3.63, 3.8) is 0 Å². The molecule has 21 heavy (non-hydrogen) atoms. The van der Waals surface area contributed by atoms with E-state index in [0.29, 0.717) is 19.3 Å². The average molecular weight is 291 g/mol. The molecular formula is C17H25NO3. The summed E-state index contributed by atoms with van der Waals surface area (Å²) in [6.07, 6.45) is 2.67. The molecule has 0 bridgehead atoms. The SMILES string of the molecule is CCCCN[C@H]1CO[C@H]2[C@@H]1OC[C@H]2OCc1ccccc1. The van der Waals surface area contributed by atoms with Gasteiger partial charge in [0.15, 0.2) is 0 Å². The lowest BCUT2D eigenvalue weighted by molar-refractivity contribution is -0.0393. The standard InChI is InChI=1S/C17H25NO3/c1-2-3-9-18-14-11-20-17-15(12-21-16(14)17)19-10-13-7-5-4-6-8-13/h4-8,14-18H,2-3,9-12H2,1H3/t14-,15+,16+,17+/m0/s1. The largest absolute Gasteiger partial charge is 0.371 e. The fourth-order valence-electron chi connectivity index (χ4n) is 3.02. The summed E-state index contributed by atoms with van der Waals surface area (Å²) >= 11 is 0. The minimum Gasteiger partial charge on any atom is -0.371 e. The summed E-state index contributed by atoms with van der Waals surface area (Å²) in [4.78, 5) is 0. The van der Waals surface area contributed by atoms with Crippen molar-refractivity contribution in [1.82, 2.24) is 5.32 Å². The van der Waals surface area contributed by atoms with E-state index in [0.717, 1.165) is 13.2 Å². The van der Waals surface area contributed by atoms with Gasteiger partial charge in [-0.3, -0.25) is 0 Å². The molecule has 0 saturated carbocycles. The highest BCUT2D eigenvalue weighted by Crippen LogP contribution is 2.29. The summed E-state index contributed by atoms with van der Waals surface area (Å²) in [6, 6.07) is 10.6. The Morgan fingerprint density at radius 2 is 1.95 bits per heavy atom. The van der Waals surface area contributed by atoms with Gasteiger partial charge in [-0.1, -0.05) is 43.7 Å². The van der Waals surface area contributed by atoms with Gasteiger partial charge in [0.25, 0.3) is 0 Å². The first-order chi connectivity index (χ1) is 10.4. The van der Waals surface area contributed by atoms with Crippen molar-refractivity contribution in [2.45, 2.75) is 50.7 Å². The van der Waals surface area contributed by atoms with Gasteiger partial charge in [-0.2, -0.15) is 0 Å². The van der Waals surface area contributed by atoms with Gasteiger partial charge in [0.05, 0.1) is 25.9 Å². The Morgan fingerprint density at radius 3 is 2.76 bits per heavy atom. The first-order valence-electron chi connectivity index (χ1n) is 8.00. The second-order valence-electron chi connectivity index (χ2n) is 5.85. The van der Waals surface area contributed by atoms with Crippen LogP contribution in [0.5, 0.6) is 0 Å². The summed E-state index contributed by atoms with van der Waals surface area (Å²) in [5, 5.41) is 3.54. The van der Waals surface area contributed by atoms with E-state index in [1.54, 1.807) is 0 Å². The monoisotopic (exact) mass is 291 g/mol. The van der Waals surface area contributed by atoms with Crippen LogP contribution in [0, 0.1) is 0 Å². The van der Waals surface area contributed by atoms with Crippen LogP contribution < -0.4 is 5.32 Å². The lowest BCUT2D eigenvalue weighted by Gasteiger charge is -2.18. The van der Waals surface area contributed by atoms with E-state index in [1.807, 2.05) is 18.2 Å². The maximum absolute atomic E-state index is 6.00. The Bertz CT molecular complexity index is 425. The Kier molecular flexibility index (Phi) is 5.25. The fraction of sp³-hybridized carbons (Fsp3) is 0.647. The van der Waals surface area contributed by atoms with Crippen LogP contribution in [0.1, 0.15) is 25.3 Å². The molecule has 3 rings (SSSR count). The predicted molar refractivity (Wildman–Crippen MR) is 81.2 cm³/mol. The third-order valence-corrected chi connectivity index (χ3v) is 4.25. The summed E-state index contributed by atoms with van der Waals surface area (Å²) < 4.78 is 17.8. The maximum Gasteiger partial charge on any atom is 0.114 e. The number of hydrogen-bond donors (Lipinski definition) is 1. The molecule has 4 nitrogen and oxygen atoms in total. The van der Waals surface area contributed by atoms with Crippen LogP contribution in [-0.2, 0) is 20.8 Å². The Balaban J connectivity index is 1.47. The molecule has 0 radical (unpaired) electrons. The topological polar surface area (TPSA) is 39.7 Å². The summed E-state index contributed by atoms with van der Waals surface area (Å²) in [7, 11) is 0. The Labute approximate surface area is 126 Å². The van der Waals surface area contributed by atoms with E-state index in [4.69, 9.17) is 14.2 Å². The van der Waals surface area contributed by atoms with Gasteiger partial charge in [0, 0.05) is 0 Å². The fourth-order valence-corrected chi connectivity index (χ4v) is 3.02. The van der Waals surface area contributed by atoms with Crippen LogP contribution in [-0.4, -0.2) is 44.1 Å². The first-order valence-corrected chi connectivity index (χ1v) is 8.00. The molecule has 0 aliphatic carbocycles. The predicted octanol–water partition coefficient (Wildman–Crippen LogP) is 2.13. The summed E-state index contributed by atoms with van der Waals surface area (Å²) in [6.45, 7) is 5.22. The van der Waals surface area contributed by atoms with Crippen molar-refractivity contribution in [2.24, 2.45) is 0 Å². The molecule has 1 aromatic rings. The van der Waals surface area contributed by atoms with Crippen LogP contribution >= 0.6 is 0 Å². The Morgan fingerprint density at radius 1 is 1.14 bits per heavy atom. The van der Waals surface area contributed by atoms with Crippen molar-refractivity contribution in [2.75, 3.05) is 19.8 Å². The van der Waals surface area contributed by atoms with Crippen LogP contribution in [0.4, 0.5) is 0 Å².